The van der Waals surface area contributed by atoms with Gasteiger partial charge in [0.25, 0.3) is 0 Å². The molecule has 2 aliphatic heterocycles. The molecular weight excluding hydrogens is 384 g/mol. The molecule has 9 nitrogen and oxygen atoms in total. The Balaban J connectivity index is 1.55. The van der Waals surface area contributed by atoms with E-state index in [9.17, 15) is 15.0 Å². The molecule has 0 spiro atoms. The number of amides is 2. The number of fused-ring (bicyclic) bond motifs is 4. The molecule has 5 rings (SSSR count). The zero-order valence-electron chi connectivity index (χ0n) is 16.1. The van der Waals surface area contributed by atoms with Crippen LogP contribution in [0.25, 0.3) is 11.3 Å². The Morgan fingerprint density at radius 1 is 1.23 bits per heavy atom. The van der Waals surface area contributed by atoms with E-state index < -0.39 is 0 Å². The van der Waals surface area contributed by atoms with Gasteiger partial charge in [0.1, 0.15) is 5.75 Å². The minimum atomic E-state index is -0.306. The largest absolute Gasteiger partial charge is 0.508 e. The molecular formula is C21H20N6O3. The first kappa shape index (κ1) is 18.3. The number of benzene rings is 1. The fraction of sp³-hybridized carbons (Fsp3) is 0.238. The molecule has 1 aromatic carbocycles. The van der Waals surface area contributed by atoms with Crippen LogP contribution in [-0.4, -0.2) is 50.3 Å². The molecule has 0 aliphatic carbocycles. The van der Waals surface area contributed by atoms with Crippen LogP contribution in [0, 0.1) is 0 Å². The average Bonchev–Trinajstić information content (AvgIpc) is 3.18. The lowest BCUT2D eigenvalue weighted by atomic mass is 10.1. The van der Waals surface area contributed by atoms with E-state index in [1.54, 1.807) is 23.2 Å². The number of rotatable bonds is 3. The molecule has 30 heavy (non-hydrogen) atoms. The number of aromatic nitrogens is 3. The summed E-state index contributed by atoms with van der Waals surface area (Å²) in [5, 5.41) is 22.2. The molecule has 2 bridgehead atoms. The van der Waals surface area contributed by atoms with Crippen molar-refractivity contribution in [3.05, 3.63) is 54.5 Å². The summed E-state index contributed by atoms with van der Waals surface area (Å²) >= 11 is 0. The number of hydrogen-bond acceptors (Lipinski definition) is 7. The minimum absolute atomic E-state index is 0.00843. The third-order valence-electron chi connectivity index (χ3n) is 5.42. The molecule has 1 fully saturated rings. The van der Waals surface area contributed by atoms with E-state index >= 15 is 0 Å². The Hall–Kier alpha value is -3.72. The molecule has 4 heterocycles. The number of aliphatic hydroxyl groups is 1. The molecule has 3 N–H and O–H groups in total. The lowest BCUT2D eigenvalue weighted by Crippen LogP contribution is -2.48. The second-order valence-electron chi connectivity index (χ2n) is 7.36. The van der Waals surface area contributed by atoms with Gasteiger partial charge in [-0.3, -0.25) is 15.2 Å². The molecule has 0 radical (unpaired) electrons. The maximum Gasteiger partial charge on any atom is 0.329 e. The molecule has 2 aliphatic rings. The number of phenolic OH excluding ortho intramolecular Hbond substituents is 1. The number of aliphatic hydroxyl groups excluding tert-OH is 1. The highest BCUT2D eigenvalue weighted by atomic mass is 16.3. The van der Waals surface area contributed by atoms with Gasteiger partial charge in [-0.2, -0.15) is 0 Å². The van der Waals surface area contributed by atoms with Gasteiger partial charge in [-0.15, -0.1) is 0 Å². The number of carbonyl (C=O) groups excluding carboxylic acids is 1. The maximum atomic E-state index is 13.1. The number of hydrogen-bond donors (Lipinski definition) is 3. The highest BCUT2D eigenvalue weighted by Crippen LogP contribution is 2.40. The van der Waals surface area contributed by atoms with Gasteiger partial charge in [0, 0.05) is 31.0 Å². The zero-order valence-corrected chi connectivity index (χ0v) is 16.1. The quantitative estimate of drug-likeness (QED) is 0.614. The van der Waals surface area contributed by atoms with Gasteiger partial charge < -0.3 is 15.1 Å². The number of anilines is 3. The first-order valence-electron chi connectivity index (χ1n) is 9.69. The third kappa shape index (κ3) is 3.18. The fourth-order valence-corrected chi connectivity index (χ4v) is 4.08. The first-order chi connectivity index (χ1) is 14.6. The van der Waals surface area contributed by atoms with Gasteiger partial charge in [0.05, 0.1) is 30.2 Å². The van der Waals surface area contributed by atoms with Gasteiger partial charge in [0.2, 0.25) is 0 Å². The van der Waals surface area contributed by atoms with Crippen LogP contribution in [0.15, 0.2) is 48.9 Å². The predicted molar refractivity (Wildman–Crippen MR) is 111 cm³/mol. The van der Waals surface area contributed by atoms with Crippen molar-refractivity contribution in [2.24, 2.45) is 0 Å². The summed E-state index contributed by atoms with van der Waals surface area (Å²) in [5.74, 6) is 0.995. The fourth-order valence-electron chi connectivity index (χ4n) is 4.08. The summed E-state index contributed by atoms with van der Waals surface area (Å²) in [4.78, 5) is 29.9. The molecule has 1 atom stereocenters. The van der Waals surface area contributed by atoms with Crippen molar-refractivity contribution in [3.8, 4) is 17.0 Å². The van der Waals surface area contributed by atoms with Crippen LogP contribution in [0.4, 0.5) is 22.1 Å². The molecule has 1 saturated heterocycles. The number of pyridine rings is 1. The molecule has 0 unspecified atom stereocenters. The van der Waals surface area contributed by atoms with Crippen LogP contribution >= 0.6 is 0 Å². The van der Waals surface area contributed by atoms with Crippen LogP contribution in [-0.2, 0) is 6.61 Å². The van der Waals surface area contributed by atoms with Crippen molar-refractivity contribution in [2.75, 3.05) is 28.2 Å². The second kappa shape index (κ2) is 7.27. The first-order valence-corrected chi connectivity index (χ1v) is 9.69. The topological polar surface area (TPSA) is 115 Å². The van der Waals surface area contributed by atoms with Gasteiger partial charge >= 0.3 is 6.03 Å². The van der Waals surface area contributed by atoms with Gasteiger partial charge in [-0.25, -0.2) is 14.8 Å². The van der Waals surface area contributed by atoms with Crippen molar-refractivity contribution in [3.63, 3.8) is 0 Å². The van der Waals surface area contributed by atoms with E-state index in [1.807, 2.05) is 12.1 Å². The Morgan fingerprint density at radius 2 is 2.13 bits per heavy atom. The van der Waals surface area contributed by atoms with Crippen molar-refractivity contribution < 1.29 is 15.0 Å². The lowest BCUT2D eigenvalue weighted by Gasteiger charge is -2.35. The molecule has 2 aromatic heterocycles. The second-order valence-corrected chi connectivity index (χ2v) is 7.36. The summed E-state index contributed by atoms with van der Waals surface area (Å²) in [6, 6.07) is 8.39. The van der Waals surface area contributed by atoms with E-state index in [1.165, 1.54) is 18.5 Å². The van der Waals surface area contributed by atoms with E-state index in [0.717, 1.165) is 25.2 Å². The summed E-state index contributed by atoms with van der Waals surface area (Å²) in [6.45, 7) is 1.42. The van der Waals surface area contributed by atoms with Gasteiger partial charge in [0.15, 0.2) is 11.6 Å². The summed E-state index contributed by atoms with van der Waals surface area (Å²) < 4.78 is 0. The summed E-state index contributed by atoms with van der Waals surface area (Å²) in [7, 11) is 0. The van der Waals surface area contributed by atoms with Crippen molar-refractivity contribution in [2.45, 2.75) is 19.1 Å². The van der Waals surface area contributed by atoms with E-state index in [0.29, 0.717) is 28.5 Å². The maximum absolute atomic E-state index is 13.1. The van der Waals surface area contributed by atoms with Crippen molar-refractivity contribution in [1.82, 2.24) is 15.0 Å². The highest BCUT2D eigenvalue weighted by molar-refractivity contribution is 6.04. The van der Waals surface area contributed by atoms with Crippen LogP contribution in [0.2, 0.25) is 0 Å². The third-order valence-corrected chi connectivity index (χ3v) is 5.42. The lowest BCUT2D eigenvalue weighted by molar-refractivity contribution is 0.254. The monoisotopic (exact) mass is 404 g/mol. The Labute approximate surface area is 172 Å². The molecule has 9 heteroatoms. The molecule has 152 valence electrons. The summed E-state index contributed by atoms with van der Waals surface area (Å²) in [5.41, 5.74) is 2.76. The Morgan fingerprint density at radius 3 is 2.93 bits per heavy atom. The smallest absolute Gasteiger partial charge is 0.329 e. The number of aromatic hydroxyl groups is 1. The normalized spacial score (nSPS) is 17.0. The Bertz CT molecular complexity index is 1110. The van der Waals surface area contributed by atoms with Crippen molar-refractivity contribution in [1.29, 1.82) is 0 Å². The minimum Gasteiger partial charge on any atom is -0.508 e. The highest BCUT2D eigenvalue weighted by Gasteiger charge is 2.40. The van der Waals surface area contributed by atoms with E-state index in [-0.39, 0.29) is 24.4 Å². The van der Waals surface area contributed by atoms with Crippen LogP contribution in [0.5, 0.6) is 5.75 Å². The molecule has 2 amide bonds. The predicted octanol–water partition coefficient (Wildman–Crippen LogP) is 2.37. The van der Waals surface area contributed by atoms with Crippen LogP contribution < -0.4 is 15.1 Å². The average molecular weight is 404 g/mol. The number of urea groups is 1. The number of nitrogens with one attached hydrogen (secondary N) is 1. The molecule has 0 saturated carbocycles. The number of phenols is 1. The van der Waals surface area contributed by atoms with Crippen molar-refractivity contribution >= 4 is 23.4 Å². The number of carbonyl (C=O) groups is 1. The van der Waals surface area contributed by atoms with Gasteiger partial charge in [-0.1, -0.05) is 0 Å². The standard InChI is InChI=1S/C21H20N6O3/c28-12-13-7-14(9-16(29)8-13)17-1-2-18-20(24-17)27(15-3-6-26(18)11-15)21(30)25-19-10-22-4-5-23-19/h1-2,4-5,7-10,15,28-29H,3,6,11-12H2,(H,23,25,30)/t15-/m0/s1. The summed E-state index contributed by atoms with van der Waals surface area (Å²) in [6.07, 6.45) is 5.41. The Kier molecular flexibility index (Phi) is 4.44. The zero-order chi connectivity index (χ0) is 20.7. The van der Waals surface area contributed by atoms with Crippen LogP contribution in [0.1, 0.15) is 12.0 Å². The number of nitrogens with zero attached hydrogens (tertiary/aromatic N) is 5. The SMILES string of the molecule is O=C(Nc1cnccn1)N1c2nc(-c3cc(O)cc(CO)c3)ccc2N2CC[C@H]1C2. The van der Waals surface area contributed by atoms with Crippen LogP contribution in [0.3, 0.4) is 0 Å². The molecule has 3 aromatic rings. The van der Waals surface area contributed by atoms with Gasteiger partial charge in [-0.05, 0) is 42.3 Å². The van der Waals surface area contributed by atoms with E-state index in [4.69, 9.17) is 4.98 Å². The van der Waals surface area contributed by atoms with E-state index in [2.05, 4.69) is 20.2 Å².